The number of esters is 3. The van der Waals surface area contributed by atoms with Gasteiger partial charge in [0.2, 0.25) is 0 Å². The van der Waals surface area contributed by atoms with Crippen LogP contribution in [0.2, 0.25) is 0 Å². The highest BCUT2D eigenvalue weighted by Gasteiger charge is 2.19. The van der Waals surface area contributed by atoms with Crippen LogP contribution in [0.4, 0.5) is 0 Å². The number of ether oxygens (including phenoxy) is 3. The molecular weight excluding hydrogens is 1020 g/mol. The third-order valence-electron chi connectivity index (χ3n) is 15.0. The smallest absolute Gasteiger partial charge is 0.306 e. The number of allylic oxidation sites excluding steroid dienone is 20. The van der Waals surface area contributed by atoms with Crippen LogP contribution in [0.5, 0.6) is 0 Å². The number of rotatable bonds is 63. The average molecular weight is 1150 g/mol. The minimum atomic E-state index is -0.791. The Kier molecular flexibility index (Phi) is 66.7. The van der Waals surface area contributed by atoms with Gasteiger partial charge in [-0.25, -0.2) is 0 Å². The van der Waals surface area contributed by atoms with E-state index < -0.39 is 6.10 Å². The Labute approximate surface area is 513 Å². The second-order valence-electron chi connectivity index (χ2n) is 23.1. The quantitative estimate of drug-likeness (QED) is 0.0261. The molecule has 0 aromatic carbocycles. The number of unbranched alkanes of at least 4 members (excludes halogenated alkanes) is 32. The Balaban J connectivity index is 4.34. The van der Waals surface area contributed by atoms with Gasteiger partial charge in [0.1, 0.15) is 13.2 Å². The lowest BCUT2D eigenvalue weighted by molar-refractivity contribution is -0.167. The van der Waals surface area contributed by atoms with E-state index in [0.717, 1.165) is 141 Å². The molecule has 0 radical (unpaired) electrons. The van der Waals surface area contributed by atoms with Crippen LogP contribution >= 0.6 is 0 Å². The second-order valence-corrected chi connectivity index (χ2v) is 23.1. The van der Waals surface area contributed by atoms with E-state index in [-0.39, 0.29) is 31.1 Å². The summed E-state index contributed by atoms with van der Waals surface area (Å²) in [6, 6.07) is 0. The lowest BCUT2D eigenvalue weighted by Gasteiger charge is -2.18. The van der Waals surface area contributed by atoms with Crippen LogP contribution < -0.4 is 0 Å². The van der Waals surface area contributed by atoms with Crippen LogP contribution in [0.25, 0.3) is 0 Å². The molecule has 474 valence electrons. The minimum Gasteiger partial charge on any atom is -0.462 e. The summed E-state index contributed by atoms with van der Waals surface area (Å²) in [5.74, 6) is -0.902. The molecule has 0 saturated carbocycles. The maximum Gasteiger partial charge on any atom is 0.306 e. The first-order chi connectivity index (χ1) is 41.0. The molecule has 6 heteroatoms. The minimum absolute atomic E-state index is 0.0869. The third-order valence-corrected chi connectivity index (χ3v) is 15.0. The van der Waals surface area contributed by atoms with Crippen molar-refractivity contribution < 1.29 is 28.6 Å². The van der Waals surface area contributed by atoms with Crippen LogP contribution in [0.1, 0.15) is 329 Å². The van der Waals surface area contributed by atoms with Gasteiger partial charge in [-0.2, -0.15) is 0 Å². The summed E-state index contributed by atoms with van der Waals surface area (Å²) in [7, 11) is 0. The van der Waals surface area contributed by atoms with E-state index in [0.29, 0.717) is 19.3 Å². The molecule has 0 aliphatic carbocycles. The zero-order valence-electron chi connectivity index (χ0n) is 54.4. The van der Waals surface area contributed by atoms with E-state index in [4.69, 9.17) is 14.2 Å². The predicted octanol–water partition coefficient (Wildman–Crippen LogP) is 24.3. The number of carbonyl (C=O) groups excluding carboxylic acids is 3. The molecule has 0 aromatic heterocycles. The molecule has 0 amide bonds. The van der Waals surface area contributed by atoms with Crippen molar-refractivity contribution in [3.05, 3.63) is 122 Å². The van der Waals surface area contributed by atoms with Gasteiger partial charge in [0.05, 0.1) is 0 Å². The zero-order valence-corrected chi connectivity index (χ0v) is 54.4. The lowest BCUT2D eigenvalue weighted by Crippen LogP contribution is -2.30. The van der Waals surface area contributed by atoms with Gasteiger partial charge in [0.25, 0.3) is 0 Å². The summed E-state index contributed by atoms with van der Waals surface area (Å²) in [6.07, 6.45) is 97.9. The third kappa shape index (κ3) is 68.5. The van der Waals surface area contributed by atoms with E-state index >= 15 is 0 Å². The molecule has 0 rings (SSSR count). The molecule has 0 N–H and O–H groups in total. The van der Waals surface area contributed by atoms with E-state index in [2.05, 4.69) is 142 Å². The normalized spacial score (nSPS) is 12.9. The Hall–Kier alpha value is -4.19. The lowest BCUT2D eigenvalue weighted by atomic mass is 10.0. The maximum absolute atomic E-state index is 12.9. The number of carbonyl (C=O) groups is 3. The van der Waals surface area contributed by atoms with Gasteiger partial charge in [-0.15, -0.1) is 0 Å². The first kappa shape index (κ1) is 78.8. The van der Waals surface area contributed by atoms with E-state index in [1.807, 2.05) is 0 Å². The summed E-state index contributed by atoms with van der Waals surface area (Å²) in [5.41, 5.74) is 0. The van der Waals surface area contributed by atoms with Gasteiger partial charge in [-0.3, -0.25) is 14.4 Å². The Morgan fingerprint density at radius 1 is 0.253 bits per heavy atom. The van der Waals surface area contributed by atoms with E-state index in [1.165, 1.54) is 148 Å². The summed E-state index contributed by atoms with van der Waals surface area (Å²) in [6.45, 7) is 6.53. The highest BCUT2D eigenvalue weighted by molar-refractivity contribution is 5.71. The molecule has 0 saturated heterocycles. The highest BCUT2D eigenvalue weighted by Crippen LogP contribution is 2.17. The van der Waals surface area contributed by atoms with Crippen LogP contribution in [0.3, 0.4) is 0 Å². The summed E-state index contributed by atoms with van der Waals surface area (Å²) in [4.78, 5) is 38.4. The Morgan fingerprint density at radius 2 is 0.470 bits per heavy atom. The molecular formula is C77H130O6. The molecule has 6 nitrogen and oxygen atoms in total. The van der Waals surface area contributed by atoms with Gasteiger partial charge in [-0.1, -0.05) is 316 Å². The van der Waals surface area contributed by atoms with E-state index in [9.17, 15) is 14.4 Å². The summed E-state index contributed by atoms with van der Waals surface area (Å²) < 4.78 is 16.9. The summed E-state index contributed by atoms with van der Waals surface area (Å²) >= 11 is 0. The highest BCUT2D eigenvalue weighted by atomic mass is 16.6. The van der Waals surface area contributed by atoms with Crippen LogP contribution in [0.15, 0.2) is 122 Å². The molecule has 0 aliphatic heterocycles. The molecule has 0 aliphatic rings. The molecule has 1 unspecified atom stereocenters. The zero-order chi connectivity index (χ0) is 59.9. The average Bonchev–Trinajstić information content (AvgIpc) is 3.49. The fraction of sp³-hybridized carbons (Fsp3) is 0.701. The van der Waals surface area contributed by atoms with E-state index in [1.54, 1.807) is 0 Å². The van der Waals surface area contributed by atoms with Gasteiger partial charge < -0.3 is 14.2 Å². The fourth-order valence-corrected chi connectivity index (χ4v) is 9.73. The Bertz CT molecular complexity index is 1700. The molecule has 0 heterocycles. The van der Waals surface area contributed by atoms with Gasteiger partial charge in [0, 0.05) is 19.3 Å². The van der Waals surface area contributed by atoms with Crippen molar-refractivity contribution in [1.82, 2.24) is 0 Å². The molecule has 83 heavy (non-hydrogen) atoms. The largest absolute Gasteiger partial charge is 0.462 e. The summed E-state index contributed by atoms with van der Waals surface area (Å²) in [5, 5.41) is 0. The monoisotopic (exact) mass is 1150 g/mol. The Morgan fingerprint density at radius 3 is 0.747 bits per heavy atom. The maximum atomic E-state index is 12.9. The fourth-order valence-electron chi connectivity index (χ4n) is 9.73. The van der Waals surface area contributed by atoms with Crippen molar-refractivity contribution in [2.24, 2.45) is 0 Å². The van der Waals surface area contributed by atoms with Crippen molar-refractivity contribution in [2.75, 3.05) is 13.2 Å². The van der Waals surface area contributed by atoms with Crippen molar-refractivity contribution in [3.8, 4) is 0 Å². The first-order valence-electron chi connectivity index (χ1n) is 35.0. The van der Waals surface area contributed by atoms with Gasteiger partial charge in [-0.05, 0) is 116 Å². The molecule has 0 spiro atoms. The molecule has 0 aromatic rings. The van der Waals surface area contributed by atoms with Crippen LogP contribution in [-0.2, 0) is 28.6 Å². The van der Waals surface area contributed by atoms with Crippen LogP contribution in [-0.4, -0.2) is 37.2 Å². The van der Waals surface area contributed by atoms with Crippen LogP contribution in [0, 0.1) is 0 Å². The first-order valence-corrected chi connectivity index (χ1v) is 35.0. The molecule has 0 bridgehead atoms. The molecule has 1 atom stereocenters. The van der Waals surface area contributed by atoms with Gasteiger partial charge in [0.15, 0.2) is 6.10 Å². The SMILES string of the molecule is CC/C=C\C/C=C\C/C=C\C/C=C\C/C=C\C/C=C\C/C=C\C/C=C\C/C=C\CCCCCCCC(=O)OCC(COC(=O)CCCCCCC/C=C\CCCCCCCC)OC(=O)CCCCCCCCCCCCCCCCCCC. The standard InChI is InChI=1S/C77H130O6/c1-4-7-10-13-16-19-22-25-28-30-31-32-33-34-35-36-37-38-39-40-41-42-43-44-45-47-49-52-55-58-61-64-67-70-76(79)82-73-74(72-81-75(78)69-66-63-60-57-54-51-48-27-24-21-18-15-12-9-6-3)83-77(80)71-68-65-62-59-56-53-50-46-29-26-23-20-17-14-11-8-5-2/h7,10,16,19,25,27-28,31-32,34-35,37-38,40-41,43-44,47-49,74H,4-6,8-9,11-15,17-18,20-24,26,29-30,33,36,39,42,45-46,50-73H2,1-3H3/b10-7-,19-16-,28-25-,32-31-,35-34-,38-37-,41-40-,44-43-,48-27-,49-47-. The molecule has 0 fully saturated rings. The van der Waals surface area contributed by atoms with Crippen molar-refractivity contribution >= 4 is 17.9 Å². The van der Waals surface area contributed by atoms with Crippen molar-refractivity contribution in [1.29, 1.82) is 0 Å². The topological polar surface area (TPSA) is 78.9 Å². The van der Waals surface area contributed by atoms with Crippen molar-refractivity contribution in [3.63, 3.8) is 0 Å². The second kappa shape index (κ2) is 70.3. The predicted molar refractivity (Wildman–Crippen MR) is 362 cm³/mol. The van der Waals surface area contributed by atoms with Gasteiger partial charge >= 0.3 is 17.9 Å². The number of hydrogen-bond donors (Lipinski definition) is 0. The van der Waals surface area contributed by atoms with Crippen molar-refractivity contribution in [2.45, 2.75) is 335 Å². The number of hydrogen-bond acceptors (Lipinski definition) is 6.